The summed E-state index contributed by atoms with van der Waals surface area (Å²) in [5, 5.41) is 6.89. The second-order valence-electron chi connectivity index (χ2n) is 7.70. The number of carbonyl (C=O) groups is 1. The Morgan fingerprint density at radius 3 is 2.57 bits per heavy atom. The Kier molecular flexibility index (Phi) is 9.35. The van der Waals surface area contributed by atoms with Gasteiger partial charge in [0.05, 0.1) is 4.90 Å². The third-order valence-corrected chi connectivity index (χ3v) is 6.82. The number of hydrogen-bond donors (Lipinski definition) is 2. The molecule has 2 N–H and O–H groups in total. The summed E-state index contributed by atoms with van der Waals surface area (Å²) in [6.45, 7) is 6.69. The minimum Gasteiger partial charge on any atom is -0.486 e. The maximum atomic E-state index is 12.9. The fourth-order valence-corrected chi connectivity index (χ4v) is 5.03. The van der Waals surface area contributed by atoms with Gasteiger partial charge in [0.15, 0.2) is 11.5 Å². The van der Waals surface area contributed by atoms with Crippen LogP contribution in [0.4, 0.5) is 0 Å². The molecule has 1 aromatic carbocycles. The smallest absolute Gasteiger partial charge is 0.290 e. The number of rotatable bonds is 7. The Bertz CT molecular complexity index is 787. The van der Waals surface area contributed by atoms with Crippen molar-refractivity contribution in [2.24, 2.45) is 5.92 Å². The van der Waals surface area contributed by atoms with Crippen molar-refractivity contribution in [2.75, 3.05) is 53.5 Å². The van der Waals surface area contributed by atoms with Gasteiger partial charge in [0.2, 0.25) is 10.0 Å². The molecule has 0 aliphatic carbocycles. The highest BCUT2D eigenvalue weighted by Gasteiger charge is 2.32. The molecule has 2 aliphatic heterocycles. The van der Waals surface area contributed by atoms with Crippen molar-refractivity contribution in [3.05, 3.63) is 18.2 Å². The Morgan fingerprint density at radius 2 is 1.93 bits per heavy atom. The zero-order valence-corrected chi connectivity index (χ0v) is 18.7. The molecule has 1 saturated heterocycles. The lowest BCUT2D eigenvalue weighted by atomic mass is 9.91. The molecule has 0 amide bonds. The summed E-state index contributed by atoms with van der Waals surface area (Å²) in [4.78, 5) is 13.2. The van der Waals surface area contributed by atoms with Crippen LogP contribution in [-0.2, 0) is 14.8 Å². The number of ether oxygens (including phenoxy) is 2. The lowest BCUT2D eigenvalue weighted by molar-refractivity contribution is -0.122. The first-order valence-corrected chi connectivity index (χ1v) is 11.7. The Morgan fingerprint density at radius 1 is 1.27 bits per heavy atom. The van der Waals surface area contributed by atoms with Gasteiger partial charge < -0.3 is 24.4 Å². The highest BCUT2D eigenvalue weighted by molar-refractivity contribution is 7.89. The van der Waals surface area contributed by atoms with Crippen LogP contribution in [0.3, 0.4) is 0 Å². The predicted octanol–water partition coefficient (Wildman–Crippen LogP) is 1.10. The van der Waals surface area contributed by atoms with Crippen molar-refractivity contribution in [2.45, 2.75) is 30.7 Å². The van der Waals surface area contributed by atoms with Crippen molar-refractivity contribution < 1.29 is 27.8 Å². The normalized spacial score (nSPS) is 21.6. The van der Waals surface area contributed by atoms with Crippen LogP contribution in [0.15, 0.2) is 23.1 Å². The zero-order chi connectivity index (χ0) is 22.1. The first-order valence-electron chi connectivity index (χ1n) is 10.2. The average molecular weight is 444 g/mol. The van der Waals surface area contributed by atoms with E-state index in [4.69, 9.17) is 19.4 Å². The van der Waals surface area contributed by atoms with Crippen molar-refractivity contribution in [1.29, 1.82) is 0 Å². The second-order valence-corrected chi connectivity index (χ2v) is 9.41. The van der Waals surface area contributed by atoms with Crippen molar-refractivity contribution in [3.8, 4) is 11.5 Å². The Hall–Kier alpha value is -1.88. The van der Waals surface area contributed by atoms with E-state index in [9.17, 15) is 8.42 Å². The summed E-state index contributed by atoms with van der Waals surface area (Å²) < 4.78 is 39.8. The summed E-state index contributed by atoms with van der Waals surface area (Å²) in [6, 6.07) is 4.78. The molecule has 0 aromatic heterocycles. The van der Waals surface area contributed by atoms with Gasteiger partial charge in [-0.1, -0.05) is 13.3 Å². The molecule has 2 aliphatic rings. The van der Waals surface area contributed by atoms with Crippen LogP contribution in [0.1, 0.15) is 19.8 Å². The Labute approximate surface area is 179 Å². The van der Waals surface area contributed by atoms with E-state index >= 15 is 0 Å². The number of nitrogens with one attached hydrogen (secondary N) is 1. The van der Waals surface area contributed by atoms with E-state index in [1.54, 1.807) is 18.2 Å². The predicted molar refractivity (Wildman–Crippen MR) is 114 cm³/mol. The van der Waals surface area contributed by atoms with Crippen LogP contribution in [0.5, 0.6) is 11.5 Å². The van der Waals surface area contributed by atoms with E-state index in [1.165, 1.54) is 0 Å². The first-order chi connectivity index (χ1) is 14.3. The topological polar surface area (TPSA) is 108 Å². The minimum absolute atomic E-state index is 0.0381. The van der Waals surface area contributed by atoms with Crippen LogP contribution in [0.2, 0.25) is 0 Å². The van der Waals surface area contributed by atoms with Crippen LogP contribution in [0.25, 0.3) is 0 Å². The van der Waals surface area contributed by atoms with Crippen molar-refractivity contribution in [1.82, 2.24) is 14.5 Å². The monoisotopic (exact) mass is 443 g/mol. The molecule has 10 heteroatoms. The summed E-state index contributed by atoms with van der Waals surface area (Å²) in [6.07, 6.45) is 1.78. The fraction of sp³-hybridized carbons (Fsp3) is 0.650. The van der Waals surface area contributed by atoms with E-state index in [1.807, 2.05) is 0 Å². The molecule has 2 heterocycles. The quantitative estimate of drug-likeness (QED) is 0.603. The number of fused-ring (bicyclic) bond motifs is 1. The molecular weight excluding hydrogens is 410 g/mol. The van der Waals surface area contributed by atoms with Crippen molar-refractivity contribution in [3.63, 3.8) is 0 Å². The third-order valence-electron chi connectivity index (χ3n) is 5.34. The van der Waals surface area contributed by atoms with Gasteiger partial charge in [0.25, 0.3) is 6.47 Å². The lowest BCUT2D eigenvalue weighted by Gasteiger charge is -2.38. The van der Waals surface area contributed by atoms with E-state index in [2.05, 4.69) is 35.5 Å². The molecule has 170 valence electrons. The standard InChI is InChI=1S/C19H31N3O4S.CH2O2/c1-4-15-14-22(10-9-21(2)3)8-7-17(15)20-27(23,24)16-5-6-18-19(13-16)26-12-11-25-18;2-1-3/h5-6,13,15,17,20H,4,7-12,14H2,1-3H3;1H,(H,2,3)/t15-,17+;/m1./s1. The maximum absolute atomic E-state index is 12.9. The van der Waals surface area contributed by atoms with Crippen LogP contribution < -0.4 is 14.2 Å². The largest absolute Gasteiger partial charge is 0.486 e. The molecule has 0 spiro atoms. The fourth-order valence-electron chi connectivity index (χ4n) is 3.68. The van der Waals surface area contributed by atoms with E-state index < -0.39 is 10.0 Å². The molecule has 0 radical (unpaired) electrons. The molecule has 2 atom stereocenters. The number of likely N-dealkylation sites (tertiary alicyclic amines) is 1. The van der Waals surface area contributed by atoms with E-state index in [0.29, 0.717) is 30.6 Å². The highest BCUT2D eigenvalue weighted by Crippen LogP contribution is 2.32. The molecular formula is C20H33N3O6S. The summed E-state index contributed by atoms with van der Waals surface area (Å²) in [7, 11) is 0.558. The SMILES string of the molecule is CC[C@@H]1CN(CCN(C)C)CC[C@@H]1NS(=O)(=O)c1ccc2c(c1)OCCO2.O=CO. The number of likely N-dealkylation sites (N-methyl/N-ethyl adjacent to an activating group) is 1. The summed E-state index contributed by atoms with van der Waals surface area (Å²) in [5.41, 5.74) is 0. The molecule has 0 saturated carbocycles. The molecule has 1 aromatic rings. The molecule has 9 nitrogen and oxygen atoms in total. The summed E-state index contributed by atoms with van der Waals surface area (Å²) >= 11 is 0. The van der Waals surface area contributed by atoms with Crippen molar-refractivity contribution >= 4 is 16.5 Å². The van der Waals surface area contributed by atoms with Crippen LogP contribution >= 0.6 is 0 Å². The zero-order valence-electron chi connectivity index (χ0n) is 17.9. The molecule has 0 unspecified atom stereocenters. The van der Waals surface area contributed by atoms with Gasteiger partial charge in [0, 0.05) is 31.7 Å². The second kappa shape index (κ2) is 11.5. The van der Waals surface area contributed by atoms with E-state index in [0.717, 1.165) is 39.0 Å². The molecule has 0 bridgehead atoms. The molecule has 30 heavy (non-hydrogen) atoms. The van der Waals surface area contributed by atoms with Gasteiger partial charge in [-0.15, -0.1) is 0 Å². The first kappa shape index (κ1) is 24.4. The number of sulfonamides is 1. The number of nitrogens with zero attached hydrogens (tertiary/aromatic N) is 2. The number of carboxylic acid groups (broad SMARTS) is 1. The lowest BCUT2D eigenvalue weighted by Crippen LogP contribution is -2.51. The van der Waals surface area contributed by atoms with Gasteiger partial charge in [-0.25, -0.2) is 13.1 Å². The van der Waals surface area contributed by atoms with Crippen LogP contribution in [-0.4, -0.2) is 89.3 Å². The molecule has 1 fully saturated rings. The molecule has 3 rings (SSSR count). The average Bonchev–Trinajstić information content (AvgIpc) is 2.73. The van der Waals surface area contributed by atoms with E-state index in [-0.39, 0.29) is 17.4 Å². The number of hydrogen-bond acceptors (Lipinski definition) is 7. The van der Waals surface area contributed by atoms with Gasteiger partial charge in [-0.05, 0) is 45.1 Å². The Balaban J connectivity index is 0.00000101. The van der Waals surface area contributed by atoms with Gasteiger partial charge in [0.1, 0.15) is 13.2 Å². The van der Waals surface area contributed by atoms with Gasteiger partial charge >= 0.3 is 0 Å². The summed E-state index contributed by atoms with van der Waals surface area (Å²) in [5.74, 6) is 1.41. The van der Waals surface area contributed by atoms with Gasteiger partial charge in [-0.3, -0.25) is 4.79 Å². The number of piperidine rings is 1. The minimum atomic E-state index is -3.59. The highest BCUT2D eigenvalue weighted by atomic mass is 32.2. The number of benzene rings is 1. The third kappa shape index (κ3) is 6.83. The van der Waals surface area contributed by atoms with Gasteiger partial charge in [-0.2, -0.15) is 0 Å². The van der Waals surface area contributed by atoms with Crippen LogP contribution in [0, 0.1) is 5.92 Å². The maximum Gasteiger partial charge on any atom is 0.290 e.